The molecule has 0 saturated carbocycles. The van der Waals surface area contributed by atoms with E-state index in [0.717, 1.165) is 63.0 Å². The molecule has 0 spiro atoms. The molecule has 3 fully saturated rings. The maximum Gasteiger partial charge on any atom is 0.269 e. The van der Waals surface area contributed by atoms with Gasteiger partial charge in [-0.3, -0.25) is 14.5 Å². The molecule has 3 aliphatic heterocycles. The Morgan fingerprint density at radius 1 is 0.641 bits per heavy atom. The van der Waals surface area contributed by atoms with Crippen molar-refractivity contribution in [2.24, 2.45) is 0 Å². The number of nitrogens with one attached hydrogen (secondary N) is 2. The Morgan fingerprint density at radius 3 is 1.58 bits per heavy atom. The van der Waals surface area contributed by atoms with E-state index < -0.39 is 24.0 Å². The van der Waals surface area contributed by atoms with Crippen LogP contribution in [0, 0.1) is 0 Å². The van der Waals surface area contributed by atoms with Crippen molar-refractivity contribution in [1.29, 1.82) is 0 Å². The highest BCUT2D eigenvalue weighted by molar-refractivity contribution is 6.30. The van der Waals surface area contributed by atoms with Crippen LogP contribution < -0.4 is 29.9 Å². The predicted molar refractivity (Wildman–Crippen MR) is 250 cm³/mol. The number of rotatable bonds is 14. The first kappa shape index (κ1) is 43.4. The highest BCUT2D eigenvalue weighted by Gasteiger charge is 2.39. The van der Waals surface area contributed by atoms with Gasteiger partial charge in [0.2, 0.25) is 24.1 Å². The van der Waals surface area contributed by atoms with Crippen LogP contribution in [0.3, 0.4) is 0 Å². The summed E-state index contributed by atoms with van der Waals surface area (Å²) in [5.74, 6) is 0.604. The summed E-state index contributed by atoms with van der Waals surface area (Å²) in [6, 6.07) is 24.4. The molecule has 17 heteroatoms. The van der Waals surface area contributed by atoms with Crippen molar-refractivity contribution < 1.29 is 24.2 Å². The number of carbonyl (C=O) groups excluding carboxylic acids is 2. The van der Waals surface area contributed by atoms with Gasteiger partial charge in [0.05, 0.1) is 17.6 Å². The number of anilines is 4. The van der Waals surface area contributed by atoms with E-state index in [0.29, 0.717) is 62.6 Å². The van der Waals surface area contributed by atoms with Crippen LogP contribution in [0.2, 0.25) is 10.0 Å². The van der Waals surface area contributed by atoms with Gasteiger partial charge in [-0.05, 0) is 124 Å². The summed E-state index contributed by atoms with van der Waals surface area (Å²) in [4.78, 5) is 57.2. The quantitative estimate of drug-likeness (QED) is 0.108. The Hall–Kier alpha value is -5.84. The van der Waals surface area contributed by atoms with Gasteiger partial charge < -0.3 is 39.9 Å². The van der Waals surface area contributed by atoms with E-state index >= 15 is 0 Å². The Bertz CT molecular complexity index is 2570. The van der Waals surface area contributed by atoms with Gasteiger partial charge in [0.25, 0.3) is 11.8 Å². The second kappa shape index (κ2) is 19.9. The number of carbonyl (C=O) groups is 2. The molecule has 2 unspecified atom stereocenters. The fourth-order valence-electron chi connectivity index (χ4n) is 8.61. The summed E-state index contributed by atoms with van der Waals surface area (Å²) in [6.07, 6.45) is 5.23. The van der Waals surface area contributed by atoms with Crippen molar-refractivity contribution in [3.63, 3.8) is 0 Å². The second-order valence-electron chi connectivity index (χ2n) is 16.4. The first-order chi connectivity index (χ1) is 31.2. The Kier molecular flexibility index (Phi) is 13.5. The molecule has 2 amide bonds. The van der Waals surface area contributed by atoms with Crippen molar-refractivity contribution in [2.75, 3.05) is 85.9 Å². The third-order valence-corrected chi connectivity index (χ3v) is 12.6. The van der Waals surface area contributed by atoms with Gasteiger partial charge in [-0.2, -0.15) is 0 Å². The van der Waals surface area contributed by atoms with Crippen molar-refractivity contribution in [2.45, 2.75) is 43.9 Å². The SMILES string of the molecule is O=C(Nc1ccc2nc(N3CCC(N4CCCC4)CC3)ncc2c1)C(Oc1ccc(Cl)cc1)C(Oc1ccc(Cl)cc1)C(=O)Nc1ccc2nc(N3CCN(CCO)CC3)ncc2c1. The van der Waals surface area contributed by atoms with Crippen molar-refractivity contribution in [1.82, 2.24) is 29.7 Å². The van der Waals surface area contributed by atoms with Crippen LogP contribution in [0.25, 0.3) is 21.8 Å². The van der Waals surface area contributed by atoms with Crippen LogP contribution >= 0.6 is 23.2 Å². The van der Waals surface area contributed by atoms with Crippen LogP contribution in [0.4, 0.5) is 23.3 Å². The number of benzene rings is 4. The molecule has 2 atom stereocenters. The lowest BCUT2D eigenvalue weighted by Crippen LogP contribution is -2.51. The molecule has 3 saturated heterocycles. The molecule has 64 heavy (non-hydrogen) atoms. The molecule has 15 nitrogen and oxygen atoms in total. The van der Waals surface area contributed by atoms with Crippen LogP contribution in [-0.2, 0) is 9.59 Å². The molecule has 4 aromatic carbocycles. The number of aliphatic hydroxyl groups is 1. The highest BCUT2D eigenvalue weighted by atomic mass is 35.5. The second-order valence-corrected chi connectivity index (χ2v) is 17.2. The minimum Gasteiger partial charge on any atom is -0.476 e. The zero-order valence-electron chi connectivity index (χ0n) is 35.3. The van der Waals surface area contributed by atoms with E-state index in [2.05, 4.69) is 35.2 Å². The van der Waals surface area contributed by atoms with E-state index in [1.807, 2.05) is 12.1 Å². The van der Waals surface area contributed by atoms with E-state index in [1.54, 1.807) is 85.2 Å². The number of amides is 2. The molecule has 5 heterocycles. The van der Waals surface area contributed by atoms with Gasteiger partial charge in [-0.1, -0.05) is 23.2 Å². The lowest BCUT2D eigenvalue weighted by molar-refractivity contribution is -0.136. The molecule has 332 valence electrons. The summed E-state index contributed by atoms with van der Waals surface area (Å²) < 4.78 is 12.7. The fraction of sp³-hybridized carbons (Fsp3) is 0.362. The van der Waals surface area contributed by atoms with Gasteiger partial charge in [0, 0.05) is 96.4 Å². The summed E-state index contributed by atoms with van der Waals surface area (Å²) in [6.45, 7) is 8.09. The van der Waals surface area contributed by atoms with Crippen molar-refractivity contribution in [3.8, 4) is 11.5 Å². The molecule has 0 radical (unpaired) electrons. The minimum atomic E-state index is -1.52. The lowest BCUT2D eigenvalue weighted by Gasteiger charge is -2.36. The number of halogens is 2. The molecular weight excluding hydrogens is 855 g/mol. The molecule has 3 aliphatic rings. The number of hydrogen-bond donors (Lipinski definition) is 3. The van der Waals surface area contributed by atoms with E-state index in [-0.39, 0.29) is 12.4 Å². The van der Waals surface area contributed by atoms with E-state index in [4.69, 9.17) is 47.6 Å². The zero-order valence-corrected chi connectivity index (χ0v) is 36.8. The number of nitrogens with zero attached hydrogens (tertiary/aromatic N) is 8. The van der Waals surface area contributed by atoms with Crippen molar-refractivity contribution >= 4 is 80.1 Å². The molecule has 6 aromatic rings. The molecule has 0 bridgehead atoms. The van der Waals surface area contributed by atoms with E-state index in [1.165, 1.54) is 25.9 Å². The van der Waals surface area contributed by atoms with Gasteiger partial charge in [0.15, 0.2) is 0 Å². The molecule has 0 aliphatic carbocycles. The number of piperazine rings is 1. The summed E-state index contributed by atoms with van der Waals surface area (Å²) in [5.41, 5.74) is 2.34. The number of likely N-dealkylation sites (tertiary alicyclic amines) is 1. The van der Waals surface area contributed by atoms with Gasteiger partial charge in [-0.15, -0.1) is 0 Å². The van der Waals surface area contributed by atoms with Gasteiger partial charge >= 0.3 is 0 Å². The standard InChI is InChI=1S/C47H50Cl2N10O5/c48-33-3-9-38(10-4-33)63-42(44(61)52-35-7-13-40-31(27-35)29-50-46(54-40)58-19-15-37(16-20-58)57-17-1-2-18-57)43(64-39-11-5-34(49)6-12-39)45(62)53-36-8-14-41-32(28-36)30-51-47(55-41)59-23-21-56(22-24-59)25-26-60/h3-14,27-30,37,42-43,60H,1-2,15-26H2,(H,52,61)(H,53,62). The van der Waals surface area contributed by atoms with Gasteiger partial charge in [0.1, 0.15) is 11.5 Å². The summed E-state index contributed by atoms with van der Waals surface area (Å²) in [7, 11) is 0. The first-order valence-electron chi connectivity index (χ1n) is 21.8. The number of aromatic nitrogens is 4. The third-order valence-electron chi connectivity index (χ3n) is 12.1. The van der Waals surface area contributed by atoms with Crippen molar-refractivity contribution in [3.05, 3.63) is 107 Å². The Morgan fingerprint density at radius 2 is 1.11 bits per heavy atom. The number of fused-ring (bicyclic) bond motifs is 2. The van der Waals surface area contributed by atoms with Crippen LogP contribution in [0.1, 0.15) is 25.7 Å². The largest absolute Gasteiger partial charge is 0.476 e. The predicted octanol–water partition coefficient (Wildman–Crippen LogP) is 6.53. The number of piperidine rings is 1. The Balaban J connectivity index is 0.947. The Labute approximate surface area is 381 Å². The average Bonchev–Trinajstić information content (AvgIpc) is 3.87. The molecule has 3 N–H and O–H groups in total. The molecular formula is C47H50Cl2N10O5. The molecule has 9 rings (SSSR count). The maximum absolute atomic E-state index is 14.5. The first-order valence-corrected chi connectivity index (χ1v) is 22.6. The fourth-order valence-corrected chi connectivity index (χ4v) is 8.86. The number of aliphatic hydroxyl groups excluding tert-OH is 1. The summed E-state index contributed by atoms with van der Waals surface area (Å²) >= 11 is 12.4. The van der Waals surface area contributed by atoms with Gasteiger partial charge in [-0.25, -0.2) is 19.9 Å². The van der Waals surface area contributed by atoms with Crippen LogP contribution in [0.15, 0.2) is 97.3 Å². The minimum absolute atomic E-state index is 0.128. The average molecular weight is 906 g/mol. The normalized spacial score (nSPS) is 17.4. The monoisotopic (exact) mass is 904 g/mol. The number of β-amino-alcohol motifs (C(OH)–C–C–N with tert-alkyl or cyclic N) is 1. The highest BCUT2D eigenvalue weighted by Crippen LogP contribution is 2.28. The maximum atomic E-state index is 14.5. The molecule has 2 aromatic heterocycles. The topological polar surface area (TPSA) is 161 Å². The van der Waals surface area contributed by atoms with Crippen LogP contribution in [-0.4, -0.2) is 130 Å². The number of hydrogen-bond acceptors (Lipinski definition) is 13. The zero-order chi connectivity index (χ0) is 44.0. The van der Waals surface area contributed by atoms with Crippen LogP contribution in [0.5, 0.6) is 11.5 Å². The third kappa shape index (κ3) is 10.4. The smallest absolute Gasteiger partial charge is 0.269 e. The number of ether oxygens (including phenoxy) is 2. The lowest BCUT2D eigenvalue weighted by atomic mass is 10.0. The summed E-state index contributed by atoms with van der Waals surface area (Å²) in [5, 5.41) is 17.6. The van der Waals surface area contributed by atoms with E-state index in [9.17, 15) is 14.7 Å².